The summed E-state index contributed by atoms with van der Waals surface area (Å²) in [5.74, 6) is 0. The van der Waals surface area contributed by atoms with E-state index in [1.165, 1.54) is 5.19 Å². The SMILES string of the molecule is C[C@@H]1O[C@](C)(CO)[C@H](O)[C@@]1(C)[Si](C)(C)c1ccccc1. The van der Waals surface area contributed by atoms with Crippen LogP contribution in [0.4, 0.5) is 0 Å². The second kappa shape index (κ2) is 4.95. The molecule has 1 aromatic carbocycles. The number of ether oxygens (including phenoxy) is 1. The van der Waals surface area contributed by atoms with Gasteiger partial charge in [0.15, 0.2) is 0 Å². The lowest BCUT2D eigenvalue weighted by molar-refractivity contribution is -0.0947. The van der Waals surface area contributed by atoms with E-state index in [0.29, 0.717) is 0 Å². The Bertz CT molecular complexity index is 476. The average Bonchev–Trinajstić information content (AvgIpc) is 2.62. The molecule has 1 aliphatic rings. The summed E-state index contributed by atoms with van der Waals surface area (Å²) in [5, 5.41) is 21.5. The summed E-state index contributed by atoms with van der Waals surface area (Å²) in [6.45, 7) is 10.3. The monoisotopic (exact) mass is 294 g/mol. The second-order valence-corrected chi connectivity index (χ2v) is 11.8. The molecule has 1 fully saturated rings. The molecule has 3 nitrogen and oxygen atoms in total. The Hall–Kier alpha value is -0.683. The van der Waals surface area contributed by atoms with Crippen LogP contribution in [0.3, 0.4) is 0 Å². The van der Waals surface area contributed by atoms with Crippen molar-refractivity contribution in [3.8, 4) is 0 Å². The van der Waals surface area contributed by atoms with E-state index in [-0.39, 0.29) is 17.7 Å². The number of aliphatic hydroxyl groups is 2. The molecule has 0 aromatic heterocycles. The maximum Gasteiger partial charge on any atom is 0.115 e. The van der Waals surface area contributed by atoms with Gasteiger partial charge in [0.2, 0.25) is 0 Å². The van der Waals surface area contributed by atoms with Gasteiger partial charge in [-0.15, -0.1) is 0 Å². The van der Waals surface area contributed by atoms with Crippen LogP contribution in [0.2, 0.25) is 18.1 Å². The van der Waals surface area contributed by atoms with Gasteiger partial charge in [-0.05, 0) is 13.8 Å². The van der Waals surface area contributed by atoms with Crippen LogP contribution >= 0.6 is 0 Å². The summed E-state index contributed by atoms with van der Waals surface area (Å²) in [6.07, 6.45) is -0.756. The van der Waals surface area contributed by atoms with Gasteiger partial charge in [0.1, 0.15) is 5.60 Å². The van der Waals surface area contributed by atoms with E-state index in [0.717, 1.165) is 0 Å². The van der Waals surface area contributed by atoms with Gasteiger partial charge >= 0.3 is 0 Å². The maximum atomic E-state index is 10.9. The zero-order valence-corrected chi connectivity index (χ0v) is 14.1. The van der Waals surface area contributed by atoms with E-state index in [1.54, 1.807) is 6.92 Å². The second-order valence-electron chi connectivity index (χ2n) is 6.91. The molecule has 0 amide bonds. The molecule has 0 bridgehead atoms. The highest BCUT2D eigenvalue weighted by atomic mass is 28.3. The predicted molar refractivity (Wildman–Crippen MR) is 84.0 cm³/mol. The van der Waals surface area contributed by atoms with Crippen molar-refractivity contribution >= 4 is 13.3 Å². The van der Waals surface area contributed by atoms with Gasteiger partial charge in [-0.25, -0.2) is 0 Å². The van der Waals surface area contributed by atoms with E-state index in [2.05, 4.69) is 32.2 Å². The standard InChI is InChI=1S/C16H26O3Si/c1-12-16(3,14(18)15(2,11-17)19-12)20(4,5)13-9-7-6-8-10-13/h6-10,12,14,17-18H,11H2,1-5H3/t12-,14-,15+,16-/m0/s1. The van der Waals surface area contributed by atoms with E-state index in [1.807, 2.05) is 25.1 Å². The minimum Gasteiger partial charge on any atom is -0.393 e. The minimum absolute atomic E-state index is 0.0866. The highest BCUT2D eigenvalue weighted by Gasteiger charge is 2.63. The summed E-state index contributed by atoms with van der Waals surface area (Å²) in [5.41, 5.74) is -0.868. The maximum absolute atomic E-state index is 10.9. The van der Waals surface area contributed by atoms with E-state index < -0.39 is 19.8 Å². The molecule has 0 spiro atoms. The smallest absolute Gasteiger partial charge is 0.115 e. The van der Waals surface area contributed by atoms with Crippen LogP contribution in [-0.2, 0) is 4.74 Å². The average molecular weight is 294 g/mol. The highest BCUT2D eigenvalue weighted by Crippen LogP contribution is 2.55. The van der Waals surface area contributed by atoms with E-state index >= 15 is 0 Å². The van der Waals surface area contributed by atoms with Gasteiger partial charge in [-0.3, -0.25) is 0 Å². The molecule has 1 heterocycles. The lowest BCUT2D eigenvalue weighted by Crippen LogP contribution is -2.60. The van der Waals surface area contributed by atoms with E-state index in [9.17, 15) is 10.2 Å². The molecule has 0 aliphatic carbocycles. The Balaban J connectivity index is 2.49. The van der Waals surface area contributed by atoms with Gasteiger partial charge < -0.3 is 14.9 Å². The third kappa shape index (κ3) is 1.97. The first kappa shape index (κ1) is 15.7. The summed E-state index contributed by atoms with van der Waals surface area (Å²) >= 11 is 0. The summed E-state index contributed by atoms with van der Waals surface area (Å²) < 4.78 is 5.97. The number of hydrogen-bond acceptors (Lipinski definition) is 3. The molecule has 0 radical (unpaired) electrons. The first-order valence-corrected chi connectivity index (χ1v) is 10.2. The van der Waals surface area contributed by atoms with Crippen LogP contribution in [0.15, 0.2) is 30.3 Å². The first-order chi connectivity index (χ1) is 9.20. The van der Waals surface area contributed by atoms with Crippen LogP contribution < -0.4 is 5.19 Å². The topological polar surface area (TPSA) is 49.7 Å². The van der Waals surface area contributed by atoms with Crippen molar-refractivity contribution in [1.29, 1.82) is 0 Å². The Morgan fingerprint density at radius 3 is 2.20 bits per heavy atom. The molecular formula is C16H26O3Si. The van der Waals surface area contributed by atoms with Crippen molar-refractivity contribution in [2.75, 3.05) is 6.61 Å². The van der Waals surface area contributed by atoms with Gasteiger partial charge in [0.25, 0.3) is 0 Å². The van der Waals surface area contributed by atoms with Crippen molar-refractivity contribution < 1.29 is 14.9 Å². The Kier molecular flexibility index (Phi) is 3.88. The first-order valence-electron chi connectivity index (χ1n) is 7.22. The molecular weight excluding hydrogens is 268 g/mol. The van der Waals surface area contributed by atoms with Gasteiger partial charge in [0, 0.05) is 5.04 Å². The molecule has 4 heteroatoms. The van der Waals surface area contributed by atoms with Crippen LogP contribution in [0, 0.1) is 0 Å². The molecule has 2 N–H and O–H groups in total. The highest BCUT2D eigenvalue weighted by molar-refractivity contribution is 6.92. The number of hydrogen-bond donors (Lipinski definition) is 2. The molecule has 2 rings (SSSR count). The molecule has 112 valence electrons. The molecule has 1 aromatic rings. The quantitative estimate of drug-likeness (QED) is 0.837. The zero-order chi connectivity index (χ0) is 15.2. The van der Waals surface area contributed by atoms with Crippen molar-refractivity contribution in [2.45, 2.75) is 56.7 Å². The van der Waals surface area contributed by atoms with Gasteiger partial charge in [-0.2, -0.15) is 0 Å². The van der Waals surface area contributed by atoms with Crippen molar-refractivity contribution in [1.82, 2.24) is 0 Å². The molecule has 1 saturated heterocycles. The fourth-order valence-electron chi connectivity index (χ4n) is 3.59. The Morgan fingerprint density at radius 1 is 1.20 bits per heavy atom. The molecule has 4 atom stereocenters. The van der Waals surface area contributed by atoms with Crippen molar-refractivity contribution in [3.05, 3.63) is 30.3 Å². The van der Waals surface area contributed by atoms with Crippen LogP contribution in [0.5, 0.6) is 0 Å². The van der Waals surface area contributed by atoms with Crippen molar-refractivity contribution in [3.63, 3.8) is 0 Å². The summed E-state index contributed by atoms with van der Waals surface area (Å²) in [6, 6.07) is 10.4. The van der Waals surface area contributed by atoms with E-state index in [4.69, 9.17) is 4.74 Å². The Labute approximate surface area is 122 Å². The molecule has 0 saturated carbocycles. The third-order valence-electron chi connectivity index (χ3n) is 5.59. The van der Waals surface area contributed by atoms with Crippen LogP contribution in [0.25, 0.3) is 0 Å². The molecule has 1 aliphatic heterocycles. The largest absolute Gasteiger partial charge is 0.393 e. The number of rotatable bonds is 3. The number of aliphatic hydroxyl groups excluding tert-OH is 2. The molecule has 20 heavy (non-hydrogen) atoms. The van der Waals surface area contributed by atoms with Crippen molar-refractivity contribution in [2.24, 2.45) is 0 Å². The van der Waals surface area contributed by atoms with Gasteiger partial charge in [0.05, 0.1) is 26.9 Å². The lowest BCUT2D eigenvalue weighted by Gasteiger charge is -2.45. The Morgan fingerprint density at radius 2 is 1.75 bits per heavy atom. The van der Waals surface area contributed by atoms with Crippen LogP contribution in [-0.4, -0.2) is 42.7 Å². The predicted octanol–water partition coefficient (Wildman–Crippen LogP) is 1.89. The number of benzene rings is 1. The van der Waals surface area contributed by atoms with Crippen LogP contribution in [0.1, 0.15) is 20.8 Å². The molecule has 0 unspecified atom stereocenters. The zero-order valence-electron chi connectivity index (χ0n) is 13.1. The lowest BCUT2D eigenvalue weighted by atomic mass is 9.90. The minimum atomic E-state index is -1.99. The fourth-order valence-corrected chi connectivity index (χ4v) is 7.30. The summed E-state index contributed by atoms with van der Waals surface area (Å²) in [7, 11) is -1.99. The summed E-state index contributed by atoms with van der Waals surface area (Å²) in [4.78, 5) is 0. The van der Waals surface area contributed by atoms with Gasteiger partial charge in [-0.1, -0.05) is 55.5 Å². The fraction of sp³-hybridized carbons (Fsp3) is 0.625. The third-order valence-corrected chi connectivity index (χ3v) is 10.7. The normalized spacial score (nSPS) is 38.1.